The molecular weight excluding hydrogens is 430 g/mol. The highest BCUT2D eigenvalue weighted by atomic mass is 32.2. The number of hydrogen-bond acceptors (Lipinski definition) is 6. The second kappa shape index (κ2) is 9.31. The predicted octanol–water partition coefficient (Wildman–Crippen LogP) is 2.27. The zero-order valence-electron chi connectivity index (χ0n) is 17.3. The number of amidine groups is 1. The number of carbonyl (C=O) groups is 2. The Labute approximate surface area is 186 Å². The maximum absolute atomic E-state index is 12.7. The second-order valence-corrected chi connectivity index (χ2v) is 9.19. The fourth-order valence-corrected chi connectivity index (χ4v) is 4.56. The van der Waals surface area contributed by atoms with Crippen LogP contribution in [-0.2, 0) is 26.2 Å². The third-order valence-corrected chi connectivity index (χ3v) is 6.45. The molecule has 0 saturated carbocycles. The number of amides is 2. The fraction of sp³-hybridized carbons (Fsp3) is 0.273. The number of anilines is 1. The Morgan fingerprint density at radius 3 is 2.59 bits per heavy atom. The van der Waals surface area contributed by atoms with Crippen LogP contribution >= 0.6 is 0 Å². The lowest BCUT2D eigenvalue weighted by Gasteiger charge is -2.23. The van der Waals surface area contributed by atoms with Gasteiger partial charge in [-0.15, -0.1) is 0 Å². The quantitative estimate of drug-likeness (QED) is 0.697. The molecule has 2 aliphatic rings. The van der Waals surface area contributed by atoms with E-state index in [0.29, 0.717) is 24.5 Å². The summed E-state index contributed by atoms with van der Waals surface area (Å²) >= 11 is 0. The van der Waals surface area contributed by atoms with Crippen LogP contribution in [0.3, 0.4) is 0 Å². The minimum atomic E-state index is -3.79. The van der Waals surface area contributed by atoms with Gasteiger partial charge in [0.1, 0.15) is 11.5 Å². The van der Waals surface area contributed by atoms with Gasteiger partial charge in [0.2, 0.25) is 5.91 Å². The number of nitrogens with one attached hydrogen (secondary N) is 2. The molecule has 32 heavy (non-hydrogen) atoms. The number of carbonyl (C=O) groups excluding carboxylic acids is 2. The Kier molecular flexibility index (Phi) is 6.31. The first-order valence-electron chi connectivity index (χ1n) is 10.3. The van der Waals surface area contributed by atoms with Gasteiger partial charge in [0.05, 0.1) is 11.4 Å². The Morgan fingerprint density at radius 2 is 1.84 bits per heavy atom. The molecule has 0 saturated heterocycles. The molecule has 4 rings (SSSR count). The van der Waals surface area contributed by atoms with Gasteiger partial charge in [0, 0.05) is 31.5 Å². The van der Waals surface area contributed by atoms with E-state index in [1.165, 1.54) is 17.1 Å². The van der Waals surface area contributed by atoms with E-state index in [1.807, 2.05) is 30.3 Å². The van der Waals surface area contributed by atoms with Crippen LogP contribution in [0.2, 0.25) is 0 Å². The summed E-state index contributed by atoms with van der Waals surface area (Å²) in [4.78, 5) is 29.1. The Balaban J connectivity index is 1.47. The van der Waals surface area contributed by atoms with Crippen molar-refractivity contribution in [1.82, 2.24) is 9.73 Å². The van der Waals surface area contributed by atoms with Gasteiger partial charge in [-0.2, -0.15) is 5.10 Å². The van der Waals surface area contributed by atoms with E-state index in [0.717, 1.165) is 12.0 Å². The summed E-state index contributed by atoms with van der Waals surface area (Å²) in [7, 11) is -3.79. The standard InChI is InChI=1S/C22H23N5O4S/c28-21-12-11-19(25-27(21)15-16-6-2-1-3-7-16)22(29)24-17-8-4-9-18(14-17)32(30,31)26-20-10-5-13-23-20/h1-4,6-9,14H,5,10-13,15H2,(H,23,26)(H,24,29). The molecule has 0 aliphatic carbocycles. The molecule has 0 unspecified atom stereocenters. The molecule has 2 aliphatic heterocycles. The van der Waals surface area contributed by atoms with Crippen molar-refractivity contribution in [2.75, 3.05) is 11.9 Å². The zero-order valence-corrected chi connectivity index (χ0v) is 18.1. The van der Waals surface area contributed by atoms with Crippen LogP contribution in [0.15, 0.2) is 69.6 Å². The van der Waals surface area contributed by atoms with Crippen molar-refractivity contribution in [3.05, 3.63) is 60.2 Å². The molecule has 0 radical (unpaired) electrons. The normalized spacial score (nSPS) is 16.4. The molecule has 0 atom stereocenters. The van der Waals surface area contributed by atoms with Gasteiger partial charge in [-0.1, -0.05) is 36.4 Å². The first-order valence-corrected chi connectivity index (χ1v) is 11.8. The molecule has 2 amide bonds. The molecule has 0 fully saturated rings. The third-order valence-electron chi connectivity index (χ3n) is 5.07. The summed E-state index contributed by atoms with van der Waals surface area (Å²) in [5.41, 5.74) is 1.44. The van der Waals surface area contributed by atoms with E-state index in [9.17, 15) is 18.0 Å². The number of benzene rings is 2. The summed E-state index contributed by atoms with van der Waals surface area (Å²) in [5.74, 6) is -0.184. The van der Waals surface area contributed by atoms with Crippen molar-refractivity contribution in [3.63, 3.8) is 0 Å². The highest BCUT2D eigenvalue weighted by Crippen LogP contribution is 2.18. The average molecular weight is 454 g/mol. The first kappa shape index (κ1) is 21.7. The minimum absolute atomic E-state index is 0.0244. The molecule has 0 bridgehead atoms. The van der Waals surface area contributed by atoms with E-state index < -0.39 is 15.9 Å². The topological polar surface area (TPSA) is 120 Å². The Hall–Kier alpha value is -3.53. The SMILES string of the molecule is O=C(Nc1cccc(S(=O)(=O)NC2=NCCC2)c1)C1=NN(Cc2ccccc2)C(=O)CC1. The lowest BCUT2D eigenvalue weighted by molar-refractivity contribution is -0.132. The number of hydrogen-bond donors (Lipinski definition) is 2. The molecule has 10 heteroatoms. The van der Waals surface area contributed by atoms with E-state index in [-0.39, 0.29) is 35.9 Å². The van der Waals surface area contributed by atoms with Crippen LogP contribution in [0.1, 0.15) is 31.2 Å². The Morgan fingerprint density at radius 1 is 1.03 bits per heavy atom. The first-order chi connectivity index (χ1) is 15.4. The fourth-order valence-electron chi connectivity index (χ4n) is 3.43. The van der Waals surface area contributed by atoms with E-state index in [2.05, 4.69) is 20.1 Å². The van der Waals surface area contributed by atoms with Crippen molar-refractivity contribution >= 4 is 39.1 Å². The van der Waals surface area contributed by atoms with Gasteiger partial charge in [0.15, 0.2) is 0 Å². The second-order valence-electron chi connectivity index (χ2n) is 7.50. The molecular formula is C22H23N5O4S. The molecule has 9 nitrogen and oxygen atoms in total. The van der Waals surface area contributed by atoms with Crippen LogP contribution in [-0.4, -0.2) is 43.3 Å². The predicted molar refractivity (Wildman–Crippen MR) is 121 cm³/mol. The zero-order chi connectivity index (χ0) is 22.6. The van der Waals surface area contributed by atoms with Gasteiger partial charge in [-0.25, -0.2) is 13.4 Å². The highest BCUT2D eigenvalue weighted by Gasteiger charge is 2.25. The monoisotopic (exact) mass is 453 g/mol. The minimum Gasteiger partial charge on any atom is -0.321 e. The molecule has 0 aromatic heterocycles. The van der Waals surface area contributed by atoms with Crippen LogP contribution in [0.5, 0.6) is 0 Å². The van der Waals surface area contributed by atoms with Gasteiger partial charge >= 0.3 is 0 Å². The molecule has 2 heterocycles. The van der Waals surface area contributed by atoms with Crippen LogP contribution < -0.4 is 10.0 Å². The van der Waals surface area contributed by atoms with E-state index >= 15 is 0 Å². The van der Waals surface area contributed by atoms with Crippen LogP contribution in [0, 0.1) is 0 Å². The Bertz CT molecular complexity index is 1190. The lowest BCUT2D eigenvalue weighted by Crippen LogP contribution is -2.36. The van der Waals surface area contributed by atoms with Gasteiger partial charge in [0.25, 0.3) is 15.9 Å². The summed E-state index contributed by atoms with van der Waals surface area (Å²) in [6.45, 7) is 0.888. The van der Waals surface area contributed by atoms with Gasteiger partial charge in [-0.3, -0.25) is 19.3 Å². The maximum atomic E-state index is 12.7. The number of aliphatic imine (C=N–C) groups is 1. The summed E-state index contributed by atoms with van der Waals surface area (Å²) in [6, 6.07) is 15.4. The summed E-state index contributed by atoms with van der Waals surface area (Å²) in [5, 5.41) is 8.22. The van der Waals surface area contributed by atoms with Crippen molar-refractivity contribution in [3.8, 4) is 0 Å². The maximum Gasteiger partial charge on any atom is 0.271 e. The molecule has 2 N–H and O–H groups in total. The molecule has 166 valence electrons. The number of sulfonamides is 1. The number of rotatable bonds is 6. The van der Waals surface area contributed by atoms with E-state index in [1.54, 1.807) is 12.1 Å². The number of nitrogens with zero attached hydrogens (tertiary/aromatic N) is 3. The van der Waals surface area contributed by atoms with Crippen LogP contribution in [0.25, 0.3) is 0 Å². The summed E-state index contributed by atoms with van der Waals surface area (Å²) < 4.78 is 27.7. The van der Waals surface area contributed by atoms with Crippen molar-refractivity contribution in [2.45, 2.75) is 37.1 Å². The van der Waals surface area contributed by atoms with Crippen molar-refractivity contribution < 1.29 is 18.0 Å². The third kappa shape index (κ3) is 5.20. The van der Waals surface area contributed by atoms with Crippen molar-refractivity contribution in [1.29, 1.82) is 0 Å². The molecule has 2 aromatic rings. The van der Waals surface area contributed by atoms with E-state index in [4.69, 9.17) is 0 Å². The number of hydrazone groups is 1. The highest BCUT2D eigenvalue weighted by molar-refractivity contribution is 7.90. The van der Waals surface area contributed by atoms with Gasteiger partial charge in [-0.05, 0) is 30.2 Å². The van der Waals surface area contributed by atoms with Gasteiger partial charge < -0.3 is 5.32 Å². The molecule has 2 aromatic carbocycles. The smallest absolute Gasteiger partial charge is 0.271 e. The molecule has 0 spiro atoms. The summed E-state index contributed by atoms with van der Waals surface area (Å²) in [6.07, 6.45) is 1.81. The largest absolute Gasteiger partial charge is 0.321 e. The lowest BCUT2D eigenvalue weighted by atomic mass is 10.1. The van der Waals surface area contributed by atoms with Crippen LogP contribution in [0.4, 0.5) is 5.69 Å². The average Bonchev–Trinajstić information content (AvgIpc) is 3.28. The van der Waals surface area contributed by atoms with Crippen molar-refractivity contribution in [2.24, 2.45) is 10.1 Å².